The van der Waals surface area contributed by atoms with Crippen LogP contribution < -0.4 is 21.9 Å². The summed E-state index contributed by atoms with van der Waals surface area (Å²) in [6.07, 6.45) is 2.63. The molecule has 13 nitrogen and oxygen atoms in total. The molecule has 156 valence electrons. The van der Waals surface area contributed by atoms with Crippen molar-refractivity contribution in [1.29, 1.82) is 5.41 Å². The minimum atomic E-state index is -0.855. The van der Waals surface area contributed by atoms with Crippen LogP contribution in [0.15, 0.2) is 23.3 Å². The zero-order chi connectivity index (χ0) is 21.0. The molecule has 29 heavy (non-hydrogen) atoms. The highest BCUT2D eigenvalue weighted by Gasteiger charge is 2.35. The number of amides is 1. The molecule has 1 fully saturated rings. The van der Waals surface area contributed by atoms with Crippen molar-refractivity contribution in [3.8, 4) is 0 Å². The zero-order valence-corrected chi connectivity index (χ0v) is 15.3. The first kappa shape index (κ1) is 20.4. The number of ether oxygens (including phenoxy) is 1. The highest BCUT2D eigenvalue weighted by molar-refractivity contribution is 5.98. The average molecular weight is 406 g/mol. The second kappa shape index (κ2) is 8.81. The molecule has 0 bridgehead atoms. The predicted molar refractivity (Wildman–Crippen MR) is 102 cm³/mol. The summed E-state index contributed by atoms with van der Waals surface area (Å²) in [7, 11) is 0. The molecule has 0 unspecified atom stereocenters. The third kappa shape index (κ3) is 4.77. The van der Waals surface area contributed by atoms with Gasteiger partial charge in [0, 0.05) is 13.0 Å². The molecule has 0 aliphatic carbocycles. The number of fused-ring (bicyclic) bond motifs is 1. The van der Waals surface area contributed by atoms with E-state index in [9.17, 15) is 19.8 Å². The van der Waals surface area contributed by atoms with Crippen molar-refractivity contribution in [2.75, 3.05) is 18.5 Å². The Morgan fingerprint density at radius 3 is 3.03 bits per heavy atom. The van der Waals surface area contributed by atoms with Crippen LogP contribution in [0, 0.1) is 5.41 Å². The van der Waals surface area contributed by atoms with E-state index in [2.05, 4.69) is 25.6 Å². The first-order chi connectivity index (χ1) is 13.9. The van der Waals surface area contributed by atoms with Crippen LogP contribution in [0.2, 0.25) is 0 Å². The Labute approximate surface area is 164 Å². The van der Waals surface area contributed by atoms with E-state index in [-0.39, 0.29) is 36.1 Å². The Bertz CT molecular complexity index is 983. The fourth-order valence-corrected chi connectivity index (χ4v) is 2.89. The topological polar surface area (TPSA) is 204 Å². The number of nitrogens with one attached hydrogen (secondary N) is 4. The SMILES string of the molecule is N=C(N)NCC/C=C/C(=O)Nc1nc2c(ncn2[C@H]2C[C@H](O)[C@@H](CO)O2)c(=O)[nH]1. The van der Waals surface area contributed by atoms with Crippen LogP contribution in [0.25, 0.3) is 11.2 Å². The molecule has 0 saturated carbocycles. The summed E-state index contributed by atoms with van der Waals surface area (Å²) in [6.45, 7) is 0.0648. The van der Waals surface area contributed by atoms with Gasteiger partial charge in [-0.05, 0) is 12.5 Å². The minimum Gasteiger partial charge on any atom is -0.394 e. The lowest BCUT2D eigenvalue weighted by atomic mass is 10.2. The minimum absolute atomic E-state index is 0.0550. The molecule has 0 radical (unpaired) electrons. The maximum atomic E-state index is 12.2. The summed E-state index contributed by atoms with van der Waals surface area (Å²) in [5, 5.41) is 31.2. The fourth-order valence-electron chi connectivity index (χ4n) is 2.89. The third-order valence-corrected chi connectivity index (χ3v) is 4.26. The number of rotatable bonds is 7. The van der Waals surface area contributed by atoms with Crippen LogP contribution >= 0.6 is 0 Å². The lowest BCUT2D eigenvalue weighted by Crippen LogP contribution is -2.30. The maximum Gasteiger partial charge on any atom is 0.280 e. The van der Waals surface area contributed by atoms with Gasteiger partial charge in [0.25, 0.3) is 5.56 Å². The van der Waals surface area contributed by atoms with E-state index in [0.717, 1.165) is 0 Å². The largest absolute Gasteiger partial charge is 0.394 e. The molecule has 1 saturated heterocycles. The third-order valence-electron chi connectivity index (χ3n) is 4.26. The van der Waals surface area contributed by atoms with Gasteiger partial charge in [-0.15, -0.1) is 0 Å². The first-order valence-electron chi connectivity index (χ1n) is 8.85. The molecular formula is C16H22N8O5. The maximum absolute atomic E-state index is 12.2. The van der Waals surface area contributed by atoms with Gasteiger partial charge in [-0.1, -0.05) is 6.08 Å². The Morgan fingerprint density at radius 1 is 1.55 bits per heavy atom. The van der Waals surface area contributed by atoms with Gasteiger partial charge in [-0.3, -0.25) is 29.9 Å². The monoisotopic (exact) mass is 406 g/mol. The number of H-pyrrole nitrogens is 1. The number of nitrogens with two attached hydrogens (primary N) is 1. The summed E-state index contributed by atoms with van der Waals surface area (Å²) in [5.41, 5.74) is 4.84. The van der Waals surface area contributed by atoms with Crippen molar-refractivity contribution in [1.82, 2.24) is 24.8 Å². The van der Waals surface area contributed by atoms with Crippen LogP contribution in [-0.4, -0.2) is 67.0 Å². The number of aliphatic hydroxyl groups is 2. The smallest absolute Gasteiger partial charge is 0.280 e. The zero-order valence-electron chi connectivity index (χ0n) is 15.3. The molecule has 2 aromatic heterocycles. The van der Waals surface area contributed by atoms with Crippen molar-refractivity contribution in [2.45, 2.75) is 31.3 Å². The lowest BCUT2D eigenvalue weighted by Gasteiger charge is -2.13. The number of hydrogen-bond acceptors (Lipinski definition) is 8. The molecule has 3 atom stereocenters. The van der Waals surface area contributed by atoms with Crippen molar-refractivity contribution in [3.63, 3.8) is 0 Å². The first-order valence-corrected chi connectivity index (χ1v) is 8.85. The molecule has 8 N–H and O–H groups in total. The number of hydrogen-bond donors (Lipinski definition) is 7. The quantitative estimate of drug-likeness (QED) is 0.119. The average Bonchev–Trinajstić information content (AvgIpc) is 3.24. The normalized spacial score (nSPS) is 21.7. The second-order valence-electron chi connectivity index (χ2n) is 6.37. The van der Waals surface area contributed by atoms with Gasteiger partial charge in [-0.2, -0.15) is 4.98 Å². The molecule has 3 heterocycles. The Kier molecular flexibility index (Phi) is 6.21. The van der Waals surface area contributed by atoms with Crippen molar-refractivity contribution in [2.24, 2.45) is 5.73 Å². The summed E-state index contributed by atoms with van der Waals surface area (Å²) >= 11 is 0. The number of guanidine groups is 1. The Hall–Kier alpha value is -3.29. The number of anilines is 1. The summed E-state index contributed by atoms with van der Waals surface area (Å²) in [5.74, 6) is -0.731. The van der Waals surface area contributed by atoms with Gasteiger partial charge < -0.3 is 26.0 Å². The number of aromatic amines is 1. The second-order valence-corrected chi connectivity index (χ2v) is 6.37. The highest BCUT2D eigenvalue weighted by atomic mass is 16.5. The molecule has 1 aliphatic rings. The Morgan fingerprint density at radius 2 is 2.34 bits per heavy atom. The van der Waals surface area contributed by atoms with E-state index in [0.29, 0.717) is 13.0 Å². The van der Waals surface area contributed by atoms with Gasteiger partial charge in [0.05, 0.1) is 19.0 Å². The van der Waals surface area contributed by atoms with Crippen LogP contribution in [0.5, 0.6) is 0 Å². The molecule has 1 aliphatic heterocycles. The highest BCUT2D eigenvalue weighted by Crippen LogP contribution is 2.30. The Balaban J connectivity index is 1.73. The van der Waals surface area contributed by atoms with E-state index in [1.54, 1.807) is 6.08 Å². The van der Waals surface area contributed by atoms with Gasteiger partial charge >= 0.3 is 0 Å². The summed E-state index contributed by atoms with van der Waals surface area (Å²) < 4.78 is 7.05. The number of aliphatic hydroxyl groups excluding tert-OH is 2. The van der Waals surface area contributed by atoms with Gasteiger partial charge in [0.15, 0.2) is 17.1 Å². The molecule has 1 amide bonds. The van der Waals surface area contributed by atoms with Gasteiger partial charge in [-0.25, -0.2) is 4.98 Å². The molecule has 2 aromatic rings. The molecule has 0 spiro atoms. The molecule has 0 aromatic carbocycles. The van der Waals surface area contributed by atoms with E-state index >= 15 is 0 Å². The van der Waals surface area contributed by atoms with E-state index in [1.807, 2.05) is 0 Å². The predicted octanol–water partition coefficient (Wildman–Crippen LogP) is -1.87. The lowest BCUT2D eigenvalue weighted by molar-refractivity contribution is -0.112. The van der Waals surface area contributed by atoms with E-state index in [1.165, 1.54) is 17.0 Å². The van der Waals surface area contributed by atoms with Crippen molar-refractivity contribution in [3.05, 3.63) is 28.8 Å². The standard InChI is InChI=1S/C16H22N8O5/c17-15(18)19-4-2-1-3-10(27)21-16-22-13-12(14(28)23-16)20-7-24(13)11-5-8(26)9(6-25)29-11/h1,3,7-9,11,25-26H,2,4-6H2,(H4,17,18,19)(H2,21,22,23,27,28)/b3-1+/t8-,9+,11+/m0/s1. The summed E-state index contributed by atoms with van der Waals surface area (Å²) in [4.78, 5) is 34.9. The van der Waals surface area contributed by atoms with Gasteiger partial charge in [0.1, 0.15) is 12.3 Å². The van der Waals surface area contributed by atoms with E-state index in [4.69, 9.17) is 15.9 Å². The number of carbonyl (C=O) groups excluding carboxylic acids is 1. The number of nitrogens with zero attached hydrogens (tertiary/aromatic N) is 3. The van der Waals surface area contributed by atoms with Crippen LogP contribution in [0.3, 0.4) is 0 Å². The fraction of sp³-hybridized carbons (Fsp3) is 0.438. The molecule has 3 rings (SSSR count). The number of carbonyl (C=O) groups is 1. The van der Waals surface area contributed by atoms with Crippen molar-refractivity contribution >= 4 is 29.0 Å². The molecule has 13 heteroatoms. The summed E-state index contributed by atoms with van der Waals surface area (Å²) in [6, 6.07) is 0. The van der Waals surface area contributed by atoms with Gasteiger partial charge in [0.2, 0.25) is 11.9 Å². The van der Waals surface area contributed by atoms with Crippen molar-refractivity contribution < 1.29 is 19.7 Å². The van der Waals surface area contributed by atoms with Crippen LogP contribution in [0.1, 0.15) is 19.1 Å². The van der Waals surface area contributed by atoms with Crippen LogP contribution in [-0.2, 0) is 9.53 Å². The number of imidazole rings is 1. The van der Waals surface area contributed by atoms with E-state index < -0.39 is 29.9 Å². The van der Waals surface area contributed by atoms with Crippen LogP contribution in [0.4, 0.5) is 5.95 Å². The molecular weight excluding hydrogens is 384 g/mol. The number of aromatic nitrogens is 4.